The van der Waals surface area contributed by atoms with Gasteiger partial charge in [-0.25, -0.2) is 4.79 Å². The van der Waals surface area contributed by atoms with Crippen LogP contribution in [0.3, 0.4) is 0 Å². The van der Waals surface area contributed by atoms with Crippen LogP contribution >= 0.6 is 0 Å². The van der Waals surface area contributed by atoms with Gasteiger partial charge in [0.1, 0.15) is 23.9 Å². The Kier molecular flexibility index (Phi) is 8.02. The average Bonchev–Trinajstić information content (AvgIpc) is 2.72. The number of carbonyl (C=O) groups is 3. The minimum Gasteiger partial charge on any atom is -0.508 e. The molecule has 0 radical (unpaired) electrons. The normalized spacial score (nSPS) is 11.3. The molecule has 0 aliphatic carbocycles. The first-order chi connectivity index (χ1) is 13.9. The van der Waals surface area contributed by atoms with Crippen molar-refractivity contribution in [2.45, 2.75) is 12.8 Å². The lowest BCUT2D eigenvalue weighted by molar-refractivity contribution is -0.151. The molecule has 2 N–H and O–H groups in total. The van der Waals surface area contributed by atoms with E-state index in [4.69, 9.17) is 14.2 Å². The molecule has 1 unspecified atom stereocenters. The summed E-state index contributed by atoms with van der Waals surface area (Å²) >= 11 is 0. The summed E-state index contributed by atoms with van der Waals surface area (Å²) < 4.78 is 14.8. The average molecular weight is 402 g/mol. The maximum absolute atomic E-state index is 12.1. The van der Waals surface area contributed by atoms with Gasteiger partial charge in [-0.15, -0.1) is 0 Å². The summed E-state index contributed by atoms with van der Waals surface area (Å²) in [4.78, 5) is 35.8. The molecule has 0 saturated heterocycles. The highest BCUT2D eigenvalue weighted by Gasteiger charge is 2.24. The fraction of sp³-hybridized carbons (Fsp3) is 0.286. The summed E-state index contributed by atoms with van der Waals surface area (Å²) in [6.45, 7) is -0.882. The van der Waals surface area contributed by atoms with Crippen LogP contribution in [0.25, 0.3) is 0 Å². The van der Waals surface area contributed by atoms with E-state index in [2.05, 4.69) is 0 Å². The van der Waals surface area contributed by atoms with E-state index in [1.54, 1.807) is 12.1 Å². The molecule has 8 nitrogen and oxygen atoms in total. The highest BCUT2D eigenvalue weighted by atomic mass is 16.6. The summed E-state index contributed by atoms with van der Waals surface area (Å²) in [6, 6.07) is 12.1. The smallest absolute Gasteiger partial charge is 0.344 e. The van der Waals surface area contributed by atoms with Crippen molar-refractivity contribution in [2.75, 3.05) is 20.3 Å². The van der Waals surface area contributed by atoms with Crippen molar-refractivity contribution in [3.8, 4) is 17.2 Å². The van der Waals surface area contributed by atoms with Gasteiger partial charge in [0.25, 0.3) is 0 Å². The minimum atomic E-state index is -0.737. The minimum absolute atomic E-state index is 0.0676. The van der Waals surface area contributed by atoms with Gasteiger partial charge in [-0.1, -0.05) is 12.1 Å². The van der Waals surface area contributed by atoms with E-state index >= 15 is 0 Å². The third kappa shape index (κ3) is 7.53. The van der Waals surface area contributed by atoms with Gasteiger partial charge in [0.15, 0.2) is 12.4 Å². The SMILES string of the molecule is COC(=O)C(CC(=O)COC(=O)COc1ccc(O)cc1)Cc1ccc(O)cc1. The van der Waals surface area contributed by atoms with E-state index in [1.807, 2.05) is 0 Å². The zero-order valence-electron chi connectivity index (χ0n) is 15.9. The molecule has 0 aliphatic heterocycles. The van der Waals surface area contributed by atoms with Crippen molar-refractivity contribution < 1.29 is 38.8 Å². The first kappa shape index (κ1) is 21.7. The Morgan fingerprint density at radius 1 is 0.897 bits per heavy atom. The van der Waals surface area contributed by atoms with E-state index in [1.165, 1.54) is 43.5 Å². The Morgan fingerprint density at radius 2 is 1.48 bits per heavy atom. The fourth-order valence-electron chi connectivity index (χ4n) is 2.54. The summed E-state index contributed by atoms with van der Waals surface area (Å²) in [5.41, 5.74) is 0.755. The maximum atomic E-state index is 12.1. The van der Waals surface area contributed by atoms with Crippen LogP contribution in [-0.2, 0) is 30.3 Å². The third-order valence-electron chi connectivity index (χ3n) is 4.01. The molecular formula is C21H22O8. The maximum Gasteiger partial charge on any atom is 0.344 e. The molecule has 0 amide bonds. The quantitative estimate of drug-likeness (QED) is 0.579. The molecule has 8 heteroatoms. The van der Waals surface area contributed by atoms with Crippen molar-refractivity contribution >= 4 is 17.7 Å². The van der Waals surface area contributed by atoms with Gasteiger partial charge in [-0.3, -0.25) is 9.59 Å². The Balaban J connectivity index is 1.80. The molecule has 0 saturated carbocycles. The summed E-state index contributed by atoms with van der Waals surface area (Å²) in [5.74, 6) is -1.92. The number of phenolic OH excluding ortho intramolecular Hbond substituents is 2. The van der Waals surface area contributed by atoms with Gasteiger partial charge in [-0.2, -0.15) is 0 Å². The number of hydrogen-bond acceptors (Lipinski definition) is 8. The topological polar surface area (TPSA) is 119 Å². The van der Waals surface area contributed by atoms with E-state index in [9.17, 15) is 24.6 Å². The molecule has 154 valence electrons. The number of esters is 2. The van der Waals surface area contributed by atoms with Gasteiger partial charge in [0.2, 0.25) is 0 Å². The van der Waals surface area contributed by atoms with Crippen LogP contribution in [0.1, 0.15) is 12.0 Å². The Bertz CT molecular complexity index is 827. The summed E-state index contributed by atoms with van der Waals surface area (Å²) in [6.07, 6.45) is 0.0935. The number of ketones is 1. The second-order valence-corrected chi connectivity index (χ2v) is 6.28. The van der Waals surface area contributed by atoms with Crippen LogP contribution in [0.4, 0.5) is 0 Å². The first-order valence-corrected chi connectivity index (χ1v) is 8.82. The van der Waals surface area contributed by atoms with Crippen molar-refractivity contribution in [1.82, 2.24) is 0 Å². The Labute approximate surface area is 167 Å². The number of carbonyl (C=O) groups excluding carboxylic acids is 3. The second-order valence-electron chi connectivity index (χ2n) is 6.28. The van der Waals surface area contributed by atoms with Gasteiger partial charge in [-0.05, 0) is 48.4 Å². The number of rotatable bonds is 10. The summed E-state index contributed by atoms with van der Waals surface area (Å²) in [5, 5.41) is 18.5. The number of benzene rings is 2. The molecule has 0 fully saturated rings. The highest BCUT2D eigenvalue weighted by molar-refractivity contribution is 5.87. The number of ether oxygens (including phenoxy) is 3. The van der Waals surface area contributed by atoms with Gasteiger partial charge >= 0.3 is 11.9 Å². The third-order valence-corrected chi connectivity index (χ3v) is 4.01. The number of hydrogen-bond donors (Lipinski definition) is 2. The van der Waals surface area contributed by atoms with Crippen LogP contribution in [0.15, 0.2) is 48.5 Å². The number of Topliss-reactive ketones (excluding diaryl/α,β-unsaturated/α-hetero) is 1. The molecule has 0 heterocycles. The molecule has 0 spiro atoms. The zero-order chi connectivity index (χ0) is 21.2. The van der Waals surface area contributed by atoms with E-state index in [-0.39, 0.29) is 24.3 Å². The van der Waals surface area contributed by atoms with Gasteiger partial charge in [0, 0.05) is 6.42 Å². The van der Waals surface area contributed by atoms with Crippen LogP contribution in [0, 0.1) is 5.92 Å². The van der Waals surface area contributed by atoms with Crippen molar-refractivity contribution in [3.63, 3.8) is 0 Å². The van der Waals surface area contributed by atoms with Crippen molar-refractivity contribution in [2.24, 2.45) is 5.92 Å². The highest BCUT2D eigenvalue weighted by Crippen LogP contribution is 2.18. The molecule has 0 bridgehead atoms. The monoisotopic (exact) mass is 402 g/mol. The predicted molar refractivity (Wildman–Crippen MR) is 102 cm³/mol. The molecule has 2 rings (SSSR count). The lowest BCUT2D eigenvalue weighted by Gasteiger charge is -2.14. The fourth-order valence-corrected chi connectivity index (χ4v) is 2.54. The number of methoxy groups -OCH3 is 1. The van der Waals surface area contributed by atoms with Crippen LogP contribution < -0.4 is 4.74 Å². The Morgan fingerprint density at radius 3 is 2.07 bits per heavy atom. The molecular weight excluding hydrogens is 380 g/mol. The number of aromatic hydroxyl groups is 2. The number of phenols is 2. The lowest BCUT2D eigenvalue weighted by Crippen LogP contribution is -2.25. The predicted octanol–water partition coefficient (Wildman–Crippen LogP) is 2.01. The van der Waals surface area contributed by atoms with E-state index in [0.717, 1.165) is 5.56 Å². The zero-order valence-corrected chi connectivity index (χ0v) is 15.9. The first-order valence-electron chi connectivity index (χ1n) is 8.82. The molecule has 2 aromatic carbocycles. The lowest BCUT2D eigenvalue weighted by atomic mass is 9.94. The van der Waals surface area contributed by atoms with Crippen molar-refractivity contribution in [3.05, 3.63) is 54.1 Å². The molecule has 29 heavy (non-hydrogen) atoms. The van der Waals surface area contributed by atoms with Gasteiger partial charge < -0.3 is 24.4 Å². The van der Waals surface area contributed by atoms with Crippen molar-refractivity contribution in [1.29, 1.82) is 0 Å². The molecule has 1 atom stereocenters. The standard InChI is InChI=1S/C21H22O8/c1-27-21(26)15(10-14-2-4-16(22)5-3-14)11-18(24)12-29-20(25)13-28-19-8-6-17(23)7-9-19/h2-9,15,22-23H,10-13H2,1H3. The van der Waals surface area contributed by atoms with Crippen LogP contribution in [-0.4, -0.2) is 48.3 Å². The molecule has 0 aromatic heterocycles. The largest absolute Gasteiger partial charge is 0.508 e. The summed E-state index contributed by atoms with van der Waals surface area (Å²) in [7, 11) is 1.23. The van der Waals surface area contributed by atoms with E-state index in [0.29, 0.717) is 5.75 Å². The van der Waals surface area contributed by atoms with Crippen LogP contribution in [0.2, 0.25) is 0 Å². The Hall–Kier alpha value is -3.55. The van der Waals surface area contributed by atoms with Crippen LogP contribution in [0.5, 0.6) is 17.2 Å². The molecule has 2 aromatic rings. The van der Waals surface area contributed by atoms with E-state index < -0.39 is 36.9 Å². The molecule has 0 aliphatic rings. The van der Waals surface area contributed by atoms with Gasteiger partial charge in [0.05, 0.1) is 13.0 Å². The second kappa shape index (κ2) is 10.7.